The van der Waals surface area contributed by atoms with Crippen molar-refractivity contribution in [3.63, 3.8) is 0 Å². The summed E-state index contributed by atoms with van der Waals surface area (Å²) in [5, 5.41) is 0. The summed E-state index contributed by atoms with van der Waals surface area (Å²) in [6, 6.07) is 0. The molecule has 0 nitrogen and oxygen atoms in total. The minimum absolute atomic E-state index is 0.903. The first kappa shape index (κ1) is 6.74. The second kappa shape index (κ2) is 3.91. The van der Waals surface area contributed by atoms with E-state index in [1.54, 1.807) is 0 Å². The Hall–Kier alpha value is -0.260. The van der Waals surface area contributed by atoms with Gasteiger partial charge in [0.05, 0.1) is 0 Å². The molecule has 0 spiro atoms. The SMILES string of the molecule is [CH2]C=C(C[CH2])CC. The van der Waals surface area contributed by atoms with Crippen LogP contribution in [0.4, 0.5) is 0 Å². The number of rotatable bonds is 2. The van der Waals surface area contributed by atoms with Gasteiger partial charge in [-0.1, -0.05) is 18.6 Å². The zero-order valence-electron chi connectivity index (χ0n) is 4.91. The van der Waals surface area contributed by atoms with E-state index in [0.29, 0.717) is 0 Å². The maximum Gasteiger partial charge on any atom is -0.0313 e. The van der Waals surface area contributed by atoms with Gasteiger partial charge in [-0.2, -0.15) is 0 Å². The topological polar surface area (TPSA) is 0 Å². The Morgan fingerprint density at radius 3 is 2.29 bits per heavy atom. The van der Waals surface area contributed by atoms with Gasteiger partial charge in [0.25, 0.3) is 0 Å². The molecule has 0 aliphatic carbocycles. The molecule has 0 saturated carbocycles. The summed E-state index contributed by atoms with van der Waals surface area (Å²) in [6.45, 7) is 9.46. The van der Waals surface area contributed by atoms with Gasteiger partial charge in [0.15, 0.2) is 0 Å². The van der Waals surface area contributed by atoms with Crippen LogP contribution in [-0.4, -0.2) is 0 Å². The Morgan fingerprint density at radius 1 is 1.71 bits per heavy atom. The summed E-state index contributed by atoms with van der Waals surface area (Å²) >= 11 is 0. The molecule has 0 aliphatic rings. The first-order valence-electron chi connectivity index (χ1n) is 2.61. The van der Waals surface area contributed by atoms with E-state index in [0.717, 1.165) is 12.8 Å². The molecular formula is C7H12. The van der Waals surface area contributed by atoms with Gasteiger partial charge >= 0.3 is 0 Å². The Balaban J connectivity index is 3.38. The Labute approximate surface area is 46.2 Å². The number of hydrogen-bond donors (Lipinski definition) is 0. The van der Waals surface area contributed by atoms with Crippen LogP contribution in [0, 0.1) is 13.8 Å². The summed E-state index contributed by atoms with van der Waals surface area (Å²) in [6.07, 6.45) is 3.88. The minimum atomic E-state index is 0.903. The minimum Gasteiger partial charge on any atom is -0.0850 e. The average Bonchev–Trinajstić information content (AvgIpc) is 1.72. The van der Waals surface area contributed by atoms with Gasteiger partial charge in [0.1, 0.15) is 0 Å². The highest BCUT2D eigenvalue weighted by molar-refractivity contribution is 5.03. The first-order chi connectivity index (χ1) is 3.35. The molecule has 7 heavy (non-hydrogen) atoms. The van der Waals surface area contributed by atoms with Gasteiger partial charge in [-0.3, -0.25) is 0 Å². The molecule has 0 rings (SSSR count). The first-order valence-corrected chi connectivity index (χ1v) is 2.61. The van der Waals surface area contributed by atoms with Crippen LogP contribution in [0.5, 0.6) is 0 Å². The van der Waals surface area contributed by atoms with E-state index in [-0.39, 0.29) is 0 Å². The van der Waals surface area contributed by atoms with Crippen LogP contribution in [0.25, 0.3) is 0 Å². The summed E-state index contributed by atoms with van der Waals surface area (Å²) in [5.74, 6) is 0. The third kappa shape index (κ3) is 2.44. The Kier molecular flexibility index (Phi) is 3.77. The molecule has 0 atom stereocenters. The van der Waals surface area contributed by atoms with Crippen LogP contribution < -0.4 is 0 Å². The van der Waals surface area contributed by atoms with Crippen LogP contribution in [-0.2, 0) is 0 Å². The number of hydrogen-bond acceptors (Lipinski definition) is 0. The second-order valence-electron chi connectivity index (χ2n) is 1.47. The van der Waals surface area contributed by atoms with E-state index in [1.807, 2.05) is 6.08 Å². The van der Waals surface area contributed by atoms with Crippen LogP contribution in [0.3, 0.4) is 0 Å². The molecule has 0 aromatic carbocycles. The third-order valence-electron chi connectivity index (χ3n) is 1.06. The van der Waals surface area contributed by atoms with Crippen molar-refractivity contribution in [1.29, 1.82) is 0 Å². The fourth-order valence-electron chi connectivity index (χ4n) is 0.423. The van der Waals surface area contributed by atoms with Gasteiger partial charge in [0.2, 0.25) is 0 Å². The van der Waals surface area contributed by atoms with Crippen molar-refractivity contribution >= 4 is 0 Å². The Morgan fingerprint density at radius 2 is 2.29 bits per heavy atom. The predicted molar refractivity (Wildman–Crippen MR) is 33.7 cm³/mol. The molecule has 0 bridgehead atoms. The fraction of sp³-hybridized carbons (Fsp3) is 0.429. The highest BCUT2D eigenvalue weighted by atomic mass is 13.9. The van der Waals surface area contributed by atoms with E-state index in [2.05, 4.69) is 20.8 Å². The lowest BCUT2D eigenvalue weighted by Crippen LogP contribution is -1.73. The normalized spacial score (nSPS) is 12.1. The van der Waals surface area contributed by atoms with Gasteiger partial charge in [-0.25, -0.2) is 0 Å². The smallest absolute Gasteiger partial charge is 0.0313 e. The van der Waals surface area contributed by atoms with E-state index >= 15 is 0 Å². The zero-order chi connectivity index (χ0) is 5.70. The molecule has 0 heteroatoms. The maximum absolute atomic E-state index is 3.72. The lowest BCUT2D eigenvalue weighted by molar-refractivity contribution is 1.03. The lowest BCUT2D eigenvalue weighted by Gasteiger charge is -1.93. The molecule has 0 fully saturated rings. The summed E-state index contributed by atoms with van der Waals surface area (Å²) < 4.78 is 0. The standard InChI is InChI=1S/C7H12/c1-4-7(5-2)6-3/h4H,1-2,5-6H2,3H3. The monoisotopic (exact) mass is 96.1 g/mol. The van der Waals surface area contributed by atoms with Crippen molar-refractivity contribution in [2.24, 2.45) is 0 Å². The van der Waals surface area contributed by atoms with Crippen molar-refractivity contribution in [2.45, 2.75) is 19.8 Å². The van der Waals surface area contributed by atoms with Gasteiger partial charge in [0, 0.05) is 0 Å². The van der Waals surface area contributed by atoms with Gasteiger partial charge in [-0.15, -0.1) is 0 Å². The van der Waals surface area contributed by atoms with Crippen molar-refractivity contribution < 1.29 is 0 Å². The molecule has 2 radical (unpaired) electrons. The Bertz CT molecular complexity index is 54.4. The molecule has 0 aromatic rings. The molecule has 0 unspecified atom stereocenters. The molecule has 0 N–H and O–H groups in total. The average molecular weight is 96.2 g/mol. The highest BCUT2D eigenvalue weighted by Crippen LogP contribution is 2.02. The second-order valence-corrected chi connectivity index (χ2v) is 1.47. The third-order valence-corrected chi connectivity index (χ3v) is 1.06. The van der Waals surface area contributed by atoms with E-state index in [1.165, 1.54) is 5.57 Å². The largest absolute Gasteiger partial charge is 0.0850 e. The van der Waals surface area contributed by atoms with E-state index in [9.17, 15) is 0 Å². The summed E-state index contributed by atoms with van der Waals surface area (Å²) in [4.78, 5) is 0. The highest BCUT2D eigenvalue weighted by Gasteiger charge is 1.82. The van der Waals surface area contributed by atoms with E-state index in [4.69, 9.17) is 0 Å². The summed E-state index contributed by atoms with van der Waals surface area (Å²) in [5.41, 5.74) is 1.33. The van der Waals surface area contributed by atoms with Crippen molar-refractivity contribution in [1.82, 2.24) is 0 Å². The molecule has 0 aromatic heterocycles. The molecule has 0 amide bonds. The van der Waals surface area contributed by atoms with Crippen LogP contribution >= 0.6 is 0 Å². The predicted octanol–water partition coefficient (Wildman–Crippen LogP) is 2.38. The molecular weight excluding hydrogens is 84.1 g/mol. The molecule has 0 heterocycles. The van der Waals surface area contributed by atoms with Crippen molar-refractivity contribution in [2.75, 3.05) is 0 Å². The summed E-state index contributed by atoms with van der Waals surface area (Å²) in [7, 11) is 0. The maximum atomic E-state index is 3.72. The van der Waals surface area contributed by atoms with E-state index < -0.39 is 0 Å². The van der Waals surface area contributed by atoms with Crippen LogP contribution in [0.1, 0.15) is 19.8 Å². The quantitative estimate of drug-likeness (QED) is 0.495. The van der Waals surface area contributed by atoms with Crippen LogP contribution in [0.15, 0.2) is 11.6 Å². The lowest BCUT2D eigenvalue weighted by atomic mass is 10.1. The molecule has 40 valence electrons. The molecule has 0 saturated heterocycles. The van der Waals surface area contributed by atoms with Crippen LogP contribution in [0.2, 0.25) is 0 Å². The van der Waals surface area contributed by atoms with Gasteiger partial charge in [-0.05, 0) is 26.7 Å². The molecule has 0 aliphatic heterocycles. The van der Waals surface area contributed by atoms with Crippen molar-refractivity contribution in [3.05, 3.63) is 25.5 Å². The fourth-order valence-corrected chi connectivity index (χ4v) is 0.423. The van der Waals surface area contributed by atoms with Gasteiger partial charge < -0.3 is 0 Å². The zero-order valence-corrected chi connectivity index (χ0v) is 4.91. The number of allylic oxidation sites excluding steroid dienone is 2. The van der Waals surface area contributed by atoms with Crippen molar-refractivity contribution in [3.8, 4) is 0 Å².